The number of hydroxylamine groups is 1. The topological polar surface area (TPSA) is 125 Å². The van der Waals surface area contributed by atoms with Gasteiger partial charge in [0, 0.05) is 22.4 Å². The molecule has 0 saturated heterocycles. The maximum Gasteiger partial charge on any atom is 0.268 e. The van der Waals surface area contributed by atoms with Crippen LogP contribution < -0.4 is 16.5 Å². The molecule has 0 aliphatic heterocycles. The second-order valence-electron chi connectivity index (χ2n) is 5.87. The molecule has 0 aliphatic rings. The highest BCUT2D eigenvalue weighted by Gasteiger charge is 2.25. The minimum atomic E-state index is -1.28. The van der Waals surface area contributed by atoms with Gasteiger partial charge in [0.2, 0.25) is 0 Å². The Bertz CT molecular complexity index is 959. The van der Waals surface area contributed by atoms with Crippen LogP contribution in [0, 0.1) is 23.7 Å². The van der Waals surface area contributed by atoms with Gasteiger partial charge in [-0.1, -0.05) is 11.8 Å². The second kappa shape index (κ2) is 9.79. The Labute approximate surface area is 162 Å². The third-order valence-electron chi connectivity index (χ3n) is 3.70. The van der Waals surface area contributed by atoms with E-state index in [1.165, 1.54) is 24.5 Å². The van der Waals surface area contributed by atoms with E-state index in [0.717, 1.165) is 5.56 Å². The lowest BCUT2D eigenvalue weighted by atomic mass is 10.1. The highest BCUT2D eigenvalue weighted by molar-refractivity contribution is 5.97. The van der Waals surface area contributed by atoms with Crippen LogP contribution in [0.5, 0.6) is 0 Å². The Morgan fingerprint density at radius 1 is 0.964 bits per heavy atom. The molecule has 2 rings (SSSR count). The number of benzene rings is 2. The molecule has 0 spiro atoms. The van der Waals surface area contributed by atoms with Crippen LogP contribution in [0.25, 0.3) is 0 Å². The third kappa shape index (κ3) is 5.89. The summed E-state index contributed by atoms with van der Waals surface area (Å²) in [5.74, 6) is 9.74. The zero-order chi connectivity index (χ0) is 20.5. The molecule has 0 heterocycles. The molecule has 1 unspecified atom stereocenters. The summed E-state index contributed by atoms with van der Waals surface area (Å²) < 4.78 is 0. The summed E-state index contributed by atoms with van der Waals surface area (Å²) in [6, 6.07) is 12.2. The zero-order valence-corrected chi connectivity index (χ0v) is 15.1. The van der Waals surface area contributed by atoms with E-state index in [4.69, 9.17) is 10.9 Å². The van der Waals surface area contributed by atoms with E-state index < -0.39 is 24.0 Å². The SMILES string of the molecule is CC(O)[C@H](NC(=O)c1ccc(C#CC#Cc2ccc(N)cc2)cc1)C(=O)NO. The highest BCUT2D eigenvalue weighted by Crippen LogP contribution is 2.05. The van der Waals surface area contributed by atoms with Crippen molar-refractivity contribution >= 4 is 17.5 Å². The summed E-state index contributed by atoms with van der Waals surface area (Å²) >= 11 is 0. The molecule has 0 saturated carbocycles. The van der Waals surface area contributed by atoms with Gasteiger partial charge in [0.05, 0.1) is 6.10 Å². The molecule has 2 amide bonds. The van der Waals surface area contributed by atoms with Crippen LogP contribution in [0.1, 0.15) is 28.4 Å². The van der Waals surface area contributed by atoms with Gasteiger partial charge in [0.1, 0.15) is 6.04 Å². The molecule has 7 heteroatoms. The van der Waals surface area contributed by atoms with Crippen LogP contribution in [-0.4, -0.2) is 34.3 Å². The number of amides is 2. The molecule has 2 aromatic carbocycles. The molecule has 142 valence electrons. The normalized spacial score (nSPS) is 11.7. The number of anilines is 1. The first-order chi connectivity index (χ1) is 13.4. The Hall–Kier alpha value is -3.78. The molecule has 0 aliphatic carbocycles. The fraction of sp³-hybridized carbons (Fsp3) is 0.143. The Morgan fingerprint density at radius 3 is 1.93 bits per heavy atom. The van der Waals surface area contributed by atoms with E-state index in [1.807, 2.05) is 0 Å². The summed E-state index contributed by atoms with van der Waals surface area (Å²) in [5.41, 5.74) is 9.40. The van der Waals surface area contributed by atoms with E-state index >= 15 is 0 Å². The molecule has 6 N–H and O–H groups in total. The molecule has 0 bridgehead atoms. The first-order valence-corrected chi connectivity index (χ1v) is 8.31. The van der Waals surface area contributed by atoms with Crippen molar-refractivity contribution in [2.75, 3.05) is 5.73 Å². The standard InChI is InChI=1S/C21H19N3O4/c1-14(25)19(21(27)24-28)23-20(26)17-10-6-15(7-11-17)4-2-3-5-16-8-12-18(22)13-9-16/h6-14,19,25,28H,22H2,1H3,(H,23,26)(H,24,27)/t14?,19-/m0/s1. The Balaban J connectivity index is 2.03. The number of carbonyl (C=O) groups excluding carboxylic acids is 2. The first-order valence-electron chi connectivity index (χ1n) is 8.31. The van der Waals surface area contributed by atoms with Crippen LogP contribution in [0.2, 0.25) is 0 Å². The number of nitrogens with one attached hydrogen (secondary N) is 2. The largest absolute Gasteiger partial charge is 0.399 e. The molecule has 0 fully saturated rings. The monoisotopic (exact) mass is 377 g/mol. The third-order valence-corrected chi connectivity index (χ3v) is 3.70. The lowest BCUT2D eigenvalue weighted by molar-refractivity contribution is -0.133. The van der Waals surface area contributed by atoms with E-state index in [1.54, 1.807) is 36.4 Å². The maximum absolute atomic E-state index is 12.2. The molecule has 0 radical (unpaired) electrons. The lowest BCUT2D eigenvalue weighted by Crippen LogP contribution is -2.51. The van der Waals surface area contributed by atoms with Crippen molar-refractivity contribution < 1.29 is 19.9 Å². The van der Waals surface area contributed by atoms with Crippen molar-refractivity contribution in [1.82, 2.24) is 10.8 Å². The van der Waals surface area contributed by atoms with Gasteiger partial charge in [-0.05, 0) is 67.3 Å². The Kier molecular flexibility index (Phi) is 7.18. The minimum Gasteiger partial charge on any atom is -0.399 e. The van der Waals surface area contributed by atoms with Crippen LogP contribution in [0.15, 0.2) is 48.5 Å². The minimum absolute atomic E-state index is 0.273. The summed E-state index contributed by atoms with van der Waals surface area (Å²) in [7, 11) is 0. The van der Waals surface area contributed by atoms with Gasteiger partial charge < -0.3 is 16.2 Å². The predicted molar refractivity (Wildman–Crippen MR) is 104 cm³/mol. The van der Waals surface area contributed by atoms with Crippen molar-refractivity contribution in [3.63, 3.8) is 0 Å². The number of rotatable bonds is 4. The highest BCUT2D eigenvalue weighted by atomic mass is 16.5. The number of hydrogen-bond acceptors (Lipinski definition) is 5. The van der Waals surface area contributed by atoms with E-state index in [0.29, 0.717) is 11.3 Å². The predicted octanol–water partition coefficient (Wildman–Crippen LogP) is 0.657. The van der Waals surface area contributed by atoms with Crippen LogP contribution in [0.3, 0.4) is 0 Å². The van der Waals surface area contributed by atoms with E-state index in [-0.39, 0.29) is 5.56 Å². The zero-order valence-electron chi connectivity index (χ0n) is 15.1. The maximum atomic E-state index is 12.2. The van der Waals surface area contributed by atoms with Crippen LogP contribution in [0.4, 0.5) is 5.69 Å². The van der Waals surface area contributed by atoms with Gasteiger partial charge in [-0.2, -0.15) is 0 Å². The van der Waals surface area contributed by atoms with E-state index in [2.05, 4.69) is 29.0 Å². The number of aliphatic hydroxyl groups excluding tert-OH is 1. The molecule has 7 nitrogen and oxygen atoms in total. The summed E-state index contributed by atoms with van der Waals surface area (Å²) in [4.78, 5) is 23.6. The quantitative estimate of drug-likeness (QED) is 0.232. The number of nitrogen functional groups attached to an aromatic ring is 1. The van der Waals surface area contributed by atoms with Crippen LogP contribution >= 0.6 is 0 Å². The van der Waals surface area contributed by atoms with Gasteiger partial charge in [-0.15, -0.1) is 0 Å². The van der Waals surface area contributed by atoms with E-state index in [9.17, 15) is 14.7 Å². The van der Waals surface area contributed by atoms with Gasteiger partial charge >= 0.3 is 0 Å². The van der Waals surface area contributed by atoms with Gasteiger partial charge in [0.15, 0.2) is 0 Å². The Morgan fingerprint density at radius 2 is 1.46 bits per heavy atom. The fourth-order valence-electron chi connectivity index (χ4n) is 2.18. The summed E-state index contributed by atoms with van der Waals surface area (Å²) in [6.07, 6.45) is -1.18. The number of carbonyl (C=O) groups is 2. The number of aliphatic hydroxyl groups is 1. The van der Waals surface area contributed by atoms with Gasteiger partial charge in [-0.3, -0.25) is 14.8 Å². The van der Waals surface area contributed by atoms with Gasteiger partial charge in [-0.25, -0.2) is 5.48 Å². The molecule has 2 aromatic rings. The molecular formula is C21H19N3O4. The summed E-state index contributed by atoms with van der Waals surface area (Å²) in [6.45, 7) is 1.32. The fourth-order valence-corrected chi connectivity index (χ4v) is 2.18. The van der Waals surface area contributed by atoms with Crippen LogP contribution in [-0.2, 0) is 4.79 Å². The second-order valence-corrected chi connectivity index (χ2v) is 5.87. The molecule has 28 heavy (non-hydrogen) atoms. The first kappa shape index (κ1) is 20.5. The van der Waals surface area contributed by atoms with Gasteiger partial charge in [0.25, 0.3) is 11.8 Å². The lowest BCUT2D eigenvalue weighted by Gasteiger charge is -2.19. The molecular weight excluding hydrogens is 358 g/mol. The smallest absolute Gasteiger partial charge is 0.268 e. The summed E-state index contributed by atoms with van der Waals surface area (Å²) in [5, 5.41) is 20.6. The van der Waals surface area contributed by atoms with Crippen molar-refractivity contribution in [2.45, 2.75) is 19.1 Å². The molecule has 0 aromatic heterocycles. The van der Waals surface area contributed by atoms with Crippen molar-refractivity contribution in [3.05, 3.63) is 65.2 Å². The van der Waals surface area contributed by atoms with Crippen molar-refractivity contribution in [3.8, 4) is 23.7 Å². The average Bonchev–Trinajstić information content (AvgIpc) is 2.70. The number of hydrogen-bond donors (Lipinski definition) is 5. The molecule has 2 atom stereocenters. The number of nitrogens with two attached hydrogens (primary N) is 1. The van der Waals surface area contributed by atoms with Crippen molar-refractivity contribution in [2.24, 2.45) is 0 Å². The van der Waals surface area contributed by atoms with Crippen molar-refractivity contribution in [1.29, 1.82) is 0 Å². The average molecular weight is 377 g/mol.